The molecule has 174 valence electrons. The summed E-state index contributed by atoms with van der Waals surface area (Å²) in [6, 6.07) is 17.0. The second-order valence-corrected chi connectivity index (χ2v) is 9.83. The SMILES string of the molecule is C[C@H](Cn1c(=O)c2sccc2n2c(SCc3cccc(C(F)(F)F)c3)nnc12)c1ccccc1. The molecule has 0 aliphatic heterocycles. The van der Waals surface area contributed by atoms with Crippen LogP contribution in [0.4, 0.5) is 13.2 Å². The molecule has 10 heteroatoms. The predicted molar refractivity (Wildman–Crippen MR) is 128 cm³/mol. The molecule has 0 aliphatic carbocycles. The van der Waals surface area contributed by atoms with Crippen LogP contribution in [-0.4, -0.2) is 19.2 Å². The van der Waals surface area contributed by atoms with Crippen molar-refractivity contribution in [3.05, 3.63) is 93.1 Å². The van der Waals surface area contributed by atoms with Crippen LogP contribution in [0, 0.1) is 0 Å². The summed E-state index contributed by atoms with van der Waals surface area (Å²) < 4.78 is 43.3. The summed E-state index contributed by atoms with van der Waals surface area (Å²) in [6.07, 6.45) is -4.39. The molecule has 0 radical (unpaired) electrons. The fourth-order valence-corrected chi connectivity index (χ4v) is 5.61. The lowest BCUT2D eigenvalue weighted by atomic mass is 10.0. The largest absolute Gasteiger partial charge is 0.416 e. The van der Waals surface area contributed by atoms with E-state index in [1.165, 1.54) is 29.2 Å². The third-order valence-electron chi connectivity index (χ3n) is 5.63. The second-order valence-electron chi connectivity index (χ2n) is 7.97. The van der Waals surface area contributed by atoms with Gasteiger partial charge in [0, 0.05) is 12.3 Å². The van der Waals surface area contributed by atoms with Crippen molar-refractivity contribution in [2.24, 2.45) is 0 Å². The van der Waals surface area contributed by atoms with Gasteiger partial charge in [-0.3, -0.25) is 13.8 Å². The van der Waals surface area contributed by atoms with Gasteiger partial charge >= 0.3 is 6.18 Å². The van der Waals surface area contributed by atoms with Gasteiger partial charge in [-0.25, -0.2) is 0 Å². The molecule has 5 rings (SSSR count). The first-order chi connectivity index (χ1) is 16.3. The van der Waals surface area contributed by atoms with Gasteiger partial charge < -0.3 is 0 Å². The Morgan fingerprint density at radius 1 is 1.06 bits per heavy atom. The molecule has 2 aromatic carbocycles. The molecule has 0 saturated heterocycles. The second kappa shape index (κ2) is 8.92. The molecule has 0 aliphatic rings. The molecule has 0 N–H and O–H groups in total. The van der Waals surface area contributed by atoms with Crippen LogP contribution in [0.1, 0.15) is 29.5 Å². The summed E-state index contributed by atoms with van der Waals surface area (Å²) in [5, 5.41) is 11.0. The molecule has 0 fully saturated rings. The van der Waals surface area contributed by atoms with Gasteiger partial charge in [0.1, 0.15) is 4.70 Å². The Bertz CT molecular complexity index is 1520. The van der Waals surface area contributed by atoms with E-state index in [0.717, 1.165) is 17.7 Å². The number of hydrogen-bond acceptors (Lipinski definition) is 5. The van der Waals surface area contributed by atoms with Crippen LogP contribution in [-0.2, 0) is 18.5 Å². The summed E-state index contributed by atoms with van der Waals surface area (Å²) in [6.45, 7) is 2.48. The molecule has 0 amide bonds. The first-order valence-electron chi connectivity index (χ1n) is 10.5. The Hall–Kier alpha value is -3.11. The first-order valence-corrected chi connectivity index (χ1v) is 12.4. The smallest absolute Gasteiger partial charge is 0.275 e. The van der Waals surface area contributed by atoms with Gasteiger partial charge in [-0.15, -0.1) is 21.5 Å². The fraction of sp³-hybridized carbons (Fsp3) is 0.208. The molecule has 0 bridgehead atoms. The van der Waals surface area contributed by atoms with E-state index in [4.69, 9.17) is 0 Å². The number of benzene rings is 2. The minimum atomic E-state index is -4.39. The summed E-state index contributed by atoms with van der Waals surface area (Å²) in [7, 11) is 0. The minimum Gasteiger partial charge on any atom is -0.275 e. The highest BCUT2D eigenvalue weighted by molar-refractivity contribution is 7.98. The predicted octanol–water partition coefficient (Wildman–Crippen LogP) is 6.22. The topological polar surface area (TPSA) is 52.2 Å². The number of fused-ring (bicyclic) bond motifs is 3. The number of hydrogen-bond donors (Lipinski definition) is 0. The van der Waals surface area contributed by atoms with Crippen LogP contribution in [0.5, 0.6) is 0 Å². The minimum absolute atomic E-state index is 0.0676. The van der Waals surface area contributed by atoms with E-state index in [2.05, 4.69) is 17.1 Å². The van der Waals surface area contributed by atoms with Crippen LogP contribution in [0.2, 0.25) is 0 Å². The number of rotatable bonds is 6. The third kappa shape index (κ3) is 4.23. The molecule has 3 aromatic heterocycles. The summed E-state index contributed by atoms with van der Waals surface area (Å²) in [4.78, 5) is 13.3. The maximum absolute atomic E-state index is 13.3. The summed E-state index contributed by atoms with van der Waals surface area (Å²) in [5.41, 5.74) is 1.54. The maximum atomic E-state index is 13.3. The van der Waals surface area contributed by atoms with Crippen molar-refractivity contribution in [2.75, 3.05) is 0 Å². The summed E-state index contributed by atoms with van der Waals surface area (Å²) >= 11 is 2.64. The van der Waals surface area contributed by atoms with Gasteiger partial charge in [0.25, 0.3) is 5.56 Å². The molecule has 5 aromatic rings. The number of thiophene rings is 1. The zero-order chi connectivity index (χ0) is 23.9. The van der Waals surface area contributed by atoms with Crippen LogP contribution in [0.15, 0.2) is 76.0 Å². The average Bonchev–Trinajstić information content (AvgIpc) is 3.48. The van der Waals surface area contributed by atoms with Crippen molar-refractivity contribution in [3.8, 4) is 0 Å². The zero-order valence-corrected chi connectivity index (χ0v) is 19.6. The van der Waals surface area contributed by atoms with Crippen molar-refractivity contribution in [1.29, 1.82) is 0 Å². The molecule has 3 heterocycles. The van der Waals surface area contributed by atoms with E-state index in [9.17, 15) is 18.0 Å². The Morgan fingerprint density at radius 3 is 2.62 bits per heavy atom. The van der Waals surface area contributed by atoms with E-state index in [0.29, 0.717) is 33.3 Å². The summed E-state index contributed by atoms with van der Waals surface area (Å²) in [5.74, 6) is 0.777. The first kappa shape index (κ1) is 22.7. The van der Waals surface area contributed by atoms with E-state index < -0.39 is 11.7 Å². The van der Waals surface area contributed by atoms with E-state index >= 15 is 0 Å². The lowest BCUT2D eigenvalue weighted by molar-refractivity contribution is -0.137. The highest BCUT2D eigenvalue weighted by atomic mass is 32.2. The number of alkyl halides is 3. The molecule has 0 saturated carbocycles. The van der Waals surface area contributed by atoms with E-state index in [1.807, 2.05) is 46.2 Å². The van der Waals surface area contributed by atoms with Gasteiger partial charge in [-0.1, -0.05) is 67.2 Å². The fourth-order valence-electron chi connectivity index (χ4n) is 3.90. The molecular formula is C24H19F3N4OS2. The highest BCUT2D eigenvalue weighted by Gasteiger charge is 2.30. The van der Waals surface area contributed by atoms with E-state index in [1.54, 1.807) is 10.6 Å². The van der Waals surface area contributed by atoms with Crippen LogP contribution in [0.3, 0.4) is 0 Å². The van der Waals surface area contributed by atoms with Gasteiger partial charge in [-0.2, -0.15) is 13.2 Å². The molecule has 5 nitrogen and oxygen atoms in total. The lowest BCUT2D eigenvalue weighted by Gasteiger charge is -2.15. The average molecular weight is 501 g/mol. The Morgan fingerprint density at radius 2 is 1.85 bits per heavy atom. The number of aromatic nitrogens is 4. The number of thioether (sulfide) groups is 1. The van der Waals surface area contributed by atoms with Crippen molar-refractivity contribution in [1.82, 2.24) is 19.2 Å². The molecule has 0 spiro atoms. The number of nitrogens with zero attached hydrogens (tertiary/aromatic N) is 4. The Labute approximate surface area is 200 Å². The quantitative estimate of drug-likeness (QED) is 0.260. The lowest BCUT2D eigenvalue weighted by Crippen LogP contribution is -2.24. The highest BCUT2D eigenvalue weighted by Crippen LogP contribution is 2.32. The van der Waals surface area contributed by atoms with Crippen molar-refractivity contribution in [2.45, 2.75) is 36.5 Å². The van der Waals surface area contributed by atoms with Crippen LogP contribution < -0.4 is 5.56 Å². The zero-order valence-electron chi connectivity index (χ0n) is 18.0. The van der Waals surface area contributed by atoms with Crippen molar-refractivity contribution < 1.29 is 13.2 Å². The molecule has 0 unspecified atom stereocenters. The van der Waals surface area contributed by atoms with Crippen molar-refractivity contribution >= 4 is 39.1 Å². The van der Waals surface area contributed by atoms with Crippen molar-refractivity contribution in [3.63, 3.8) is 0 Å². The Balaban J connectivity index is 1.52. The maximum Gasteiger partial charge on any atom is 0.416 e. The van der Waals surface area contributed by atoms with E-state index in [-0.39, 0.29) is 17.2 Å². The third-order valence-corrected chi connectivity index (χ3v) is 7.52. The Kier molecular flexibility index (Phi) is 5.95. The van der Waals surface area contributed by atoms with Gasteiger partial charge in [-0.05, 0) is 34.6 Å². The van der Waals surface area contributed by atoms with Crippen LogP contribution >= 0.6 is 23.1 Å². The van der Waals surface area contributed by atoms with Gasteiger partial charge in [0.2, 0.25) is 5.78 Å². The standard InChI is InChI=1S/C24H19F3N4OS2/c1-15(17-7-3-2-4-8-17)13-30-21(32)20-19(10-11-33-20)31-22(30)28-29-23(31)34-14-16-6-5-9-18(12-16)24(25,26)27/h2-12,15H,13-14H2,1H3/t15-/m1/s1. The molecule has 34 heavy (non-hydrogen) atoms. The monoisotopic (exact) mass is 500 g/mol. The number of halogens is 3. The van der Waals surface area contributed by atoms with Crippen LogP contribution in [0.25, 0.3) is 16.0 Å². The van der Waals surface area contributed by atoms with Gasteiger partial charge in [0.15, 0.2) is 5.16 Å². The normalized spacial score (nSPS) is 13.1. The molecule has 1 atom stereocenters. The van der Waals surface area contributed by atoms with Gasteiger partial charge in [0.05, 0.1) is 11.1 Å². The molecular weight excluding hydrogens is 481 g/mol.